The smallest absolute Gasteiger partial charge is 0.244 e. The SMILES string of the molecule is CCNC(=O)C(C)N(Cc1cccc(OC)c1)C(=O)CN(c1cccc(C)c1)S(C)(=O)=O. The van der Waals surface area contributed by atoms with Crippen molar-refractivity contribution in [2.24, 2.45) is 0 Å². The topological polar surface area (TPSA) is 96.0 Å². The van der Waals surface area contributed by atoms with Gasteiger partial charge in [0.2, 0.25) is 21.8 Å². The standard InChI is InChI=1S/C23H31N3O5S/c1-6-24-23(28)18(3)25(15-19-10-8-12-21(14-19)31-4)22(27)16-26(32(5,29)30)20-11-7-9-17(2)13-20/h7-14,18H,6,15-16H2,1-5H3,(H,24,28). The Morgan fingerprint density at radius 2 is 1.81 bits per heavy atom. The van der Waals surface area contributed by atoms with Crippen molar-refractivity contribution in [2.45, 2.75) is 33.4 Å². The number of anilines is 1. The van der Waals surface area contributed by atoms with Crippen molar-refractivity contribution in [3.05, 3.63) is 59.7 Å². The maximum Gasteiger partial charge on any atom is 0.244 e. The van der Waals surface area contributed by atoms with E-state index in [1.807, 2.05) is 19.1 Å². The van der Waals surface area contributed by atoms with Gasteiger partial charge in [0.05, 0.1) is 19.1 Å². The Kier molecular flexibility index (Phi) is 8.65. The molecular weight excluding hydrogens is 430 g/mol. The summed E-state index contributed by atoms with van der Waals surface area (Å²) in [4.78, 5) is 27.3. The summed E-state index contributed by atoms with van der Waals surface area (Å²) in [6, 6.07) is 13.3. The highest BCUT2D eigenvalue weighted by Gasteiger charge is 2.30. The van der Waals surface area contributed by atoms with Crippen LogP contribution in [0.1, 0.15) is 25.0 Å². The molecule has 2 aromatic carbocycles. The first kappa shape index (κ1) is 25.2. The van der Waals surface area contributed by atoms with Gasteiger partial charge < -0.3 is 15.0 Å². The predicted octanol–water partition coefficient (Wildman–Crippen LogP) is 2.32. The number of hydrogen-bond donors (Lipinski definition) is 1. The summed E-state index contributed by atoms with van der Waals surface area (Å²) in [6.07, 6.45) is 1.06. The number of carbonyl (C=O) groups excluding carboxylic acids is 2. The zero-order valence-electron chi connectivity index (χ0n) is 19.2. The van der Waals surface area contributed by atoms with E-state index >= 15 is 0 Å². The molecule has 32 heavy (non-hydrogen) atoms. The van der Waals surface area contributed by atoms with Gasteiger partial charge in [-0.15, -0.1) is 0 Å². The number of methoxy groups -OCH3 is 1. The van der Waals surface area contributed by atoms with Gasteiger partial charge in [-0.25, -0.2) is 8.42 Å². The van der Waals surface area contributed by atoms with E-state index in [0.29, 0.717) is 18.0 Å². The molecule has 0 fully saturated rings. The Hall–Kier alpha value is -3.07. The molecule has 9 heteroatoms. The van der Waals surface area contributed by atoms with E-state index in [-0.39, 0.29) is 12.5 Å². The summed E-state index contributed by atoms with van der Waals surface area (Å²) in [5, 5.41) is 2.72. The van der Waals surface area contributed by atoms with Gasteiger partial charge in [-0.1, -0.05) is 24.3 Å². The first-order chi connectivity index (χ1) is 15.1. The minimum atomic E-state index is -3.74. The molecule has 0 aromatic heterocycles. The molecule has 1 N–H and O–H groups in total. The van der Waals surface area contributed by atoms with Crippen LogP contribution in [0.25, 0.3) is 0 Å². The van der Waals surface area contributed by atoms with Gasteiger partial charge in [0.15, 0.2) is 0 Å². The maximum absolute atomic E-state index is 13.4. The lowest BCUT2D eigenvalue weighted by Gasteiger charge is -2.31. The molecule has 0 aliphatic heterocycles. The molecule has 0 saturated carbocycles. The molecule has 0 spiro atoms. The van der Waals surface area contributed by atoms with E-state index < -0.39 is 28.5 Å². The molecule has 1 atom stereocenters. The molecule has 2 rings (SSSR count). The molecule has 2 aromatic rings. The van der Waals surface area contributed by atoms with Gasteiger partial charge in [0.1, 0.15) is 18.3 Å². The van der Waals surface area contributed by atoms with Gasteiger partial charge >= 0.3 is 0 Å². The Balaban J connectivity index is 2.39. The Morgan fingerprint density at radius 1 is 1.12 bits per heavy atom. The number of rotatable bonds is 10. The van der Waals surface area contributed by atoms with E-state index in [2.05, 4.69) is 5.32 Å². The van der Waals surface area contributed by atoms with E-state index in [9.17, 15) is 18.0 Å². The summed E-state index contributed by atoms with van der Waals surface area (Å²) in [7, 11) is -2.19. The molecule has 174 valence electrons. The van der Waals surface area contributed by atoms with E-state index in [1.165, 1.54) is 4.90 Å². The van der Waals surface area contributed by atoms with Crippen molar-refractivity contribution in [1.29, 1.82) is 0 Å². The van der Waals surface area contributed by atoms with Crippen LogP contribution < -0.4 is 14.4 Å². The molecule has 0 bridgehead atoms. The number of amides is 2. The number of hydrogen-bond acceptors (Lipinski definition) is 5. The van der Waals surface area contributed by atoms with Crippen LogP contribution in [0.3, 0.4) is 0 Å². The number of carbonyl (C=O) groups is 2. The maximum atomic E-state index is 13.4. The molecule has 0 radical (unpaired) electrons. The van der Waals surface area contributed by atoms with Crippen molar-refractivity contribution >= 4 is 27.5 Å². The van der Waals surface area contributed by atoms with Crippen molar-refractivity contribution in [1.82, 2.24) is 10.2 Å². The molecule has 0 heterocycles. The average Bonchev–Trinajstić information content (AvgIpc) is 2.74. The summed E-state index contributed by atoms with van der Waals surface area (Å²) >= 11 is 0. The van der Waals surface area contributed by atoms with Gasteiger partial charge in [-0.05, 0) is 56.2 Å². The molecule has 0 aliphatic carbocycles. The number of sulfonamides is 1. The van der Waals surface area contributed by atoms with Crippen LogP contribution in [0.15, 0.2) is 48.5 Å². The fourth-order valence-corrected chi connectivity index (χ4v) is 4.11. The second kappa shape index (κ2) is 11.0. The van der Waals surface area contributed by atoms with Gasteiger partial charge in [-0.2, -0.15) is 0 Å². The Bertz CT molecular complexity index is 1060. The Labute approximate surface area is 190 Å². The Morgan fingerprint density at radius 3 is 2.41 bits per heavy atom. The van der Waals surface area contributed by atoms with Crippen molar-refractivity contribution in [2.75, 3.05) is 30.8 Å². The third-order valence-electron chi connectivity index (χ3n) is 4.97. The van der Waals surface area contributed by atoms with Crippen LogP contribution in [0.4, 0.5) is 5.69 Å². The first-order valence-electron chi connectivity index (χ1n) is 10.3. The quantitative estimate of drug-likeness (QED) is 0.586. The summed E-state index contributed by atoms with van der Waals surface area (Å²) in [5.74, 6) is -0.179. The second-order valence-corrected chi connectivity index (χ2v) is 9.46. The van der Waals surface area contributed by atoms with Crippen LogP contribution in [0, 0.1) is 6.92 Å². The molecular formula is C23H31N3O5S. The molecule has 1 unspecified atom stereocenters. The zero-order valence-corrected chi connectivity index (χ0v) is 20.0. The zero-order chi connectivity index (χ0) is 23.9. The van der Waals surface area contributed by atoms with Crippen molar-refractivity contribution in [3.63, 3.8) is 0 Å². The number of nitrogens with zero attached hydrogens (tertiary/aromatic N) is 2. The number of nitrogens with one attached hydrogen (secondary N) is 1. The normalized spacial score (nSPS) is 12.0. The highest BCUT2D eigenvalue weighted by molar-refractivity contribution is 7.92. The minimum Gasteiger partial charge on any atom is -0.497 e. The predicted molar refractivity (Wildman–Crippen MR) is 125 cm³/mol. The number of likely N-dealkylation sites (N-methyl/N-ethyl adjacent to an activating group) is 1. The lowest BCUT2D eigenvalue weighted by atomic mass is 10.1. The highest BCUT2D eigenvalue weighted by Crippen LogP contribution is 2.21. The third-order valence-corrected chi connectivity index (χ3v) is 6.11. The lowest BCUT2D eigenvalue weighted by Crippen LogP contribution is -2.51. The second-order valence-electron chi connectivity index (χ2n) is 7.55. The number of benzene rings is 2. The van der Waals surface area contributed by atoms with E-state index in [0.717, 1.165) is 21.7 Å². The van der Waals surface area contributed by atoms with Crippen LogP contribution in [-0.2, 0) is 26.2 Å². The van der Waals surface area contributed by atoms with Crippen LogP contribution in [0.2, 0.25) is 0 Å². The lowest BCUT2D eigenvalue weighted by molar-refractivity contribution is -0.139. The fraction of sp³-hybridized carbons (Fsp3) is 0.391. The summed E-state index contributed by atoms with van der Waals surface area (Å²) in [5.41, 5.74) is 2.02. The van der Waals surface area contributed by atoms with Gasteiger partial charge in [-0.3, -0.25) is 13.9 Å². The van der Waals surface area contributed by atoms with E-state index in [4.69, 9.17) is 4.74 Å². The molecule has 0 aliphatic rings. The van der Waals surface area contributed by atoms with Crippen molar-refractivity contribution in [3.8, 4) is 5.75 Å². The molecule has 0 saturated heterocycles. The van der Waals surface area contributed by atoms with Gasteiger partial charge in [0, 0.05) is 13.1 Å². The summed E-state index contributed by atoms with van der Waals surface area (Å²) in [6.45, 7) is 5.39. The molecule has 2 amide bonds. The monoisotopic (exact) mass is 461 g/mol. The largest absolute Gasteiger partial charge is 0.497 e. The number of aryl methyl sites for hydroxylation is 1. The molecule has 8 nitrogen and oxygen atoms in total. The number of ether oxygens (including phenoxy) is 1. The van der Waals surface area contributed by atoms with Crippen LogP contribution in [0.5, 0.6) is 5.75 Å². The van der Waals surface area contributed by atoms with E-state index in [1.54, 1.807) is 57.4 Å². The fourth-order valence-electron chi connectivity index (χ4n) is 3.27. The summed E-state index contributed by atoms with van der Waals surface area (Å²) < 4.78 is 31.3. The van der Waals surface area contributed by atoms with Crippen molar-refractivity contribution < 1.29 is 22.7 Å². The highest BCUT2D eigenvalue weighted by atomic mass is 32.2. The van der Waals surface area contributed by atoms with Crippen LogP contribution >= 0.6 is 0 Å². The minimum absolute atomic E-state index is 0.125. The van der Waals surface area contributed by atoms with Crippen LogP contribution in [-0.4, -0.2) is 57.6 Å². The first-order valence-corrected chi connectivity index (χ1v) is 12.2. The average molecular weight is 462 g/mol. The third kappa shape index (κ3) is 6.71. The van der Waals surface area contributed by atoms with Gasteiger partial charge in [0.25, 0.3) is 0 Å².